The average molecular weight is 305 g/mol. The Labute approximate surface area is 136 Å². The van der Waals surface area contributed by atoms with Crippen LogP contribution in [0, 0.1) is 13.8 Å². The molecule has 0 unspecified atom stereocenters. The first kappa shape index (κ1) is 15.0. The molecule has 0 radical (unpaired) electrons. The largest absolute Gasteiger partial charge is 0.497 e. The van der Waals surface area contributed by atoms with Gasteiger partial charge in [0, 0.05) is 11.3 Å². The van der Waals surface area contributed by atoms with Gasteiger partial charge in [-0.2, -0.15) is 5.10 Å². The van der Waals surface area contributed by atoms with Crippen molar-refractivity contribution in [3.8, 4) is 5.75 Å². The second kappa shape index (κ2) is 6.48. The summed E-state index contributed by atoms with van der Waals surface area (Å²) in [6.45, 7) is 4.02. The van der Waals surface area contributed by atoms with Gasteiger partial charge in [0.25, 0.3) is 0 Å². The standard InChI is InChI=1S/C19H19N3O/c1-14-13-15(2)22(21-14)19(16-7-5-4-6-8-16)20-17-9-11-18(23-3)12-10-17/h4-13H,1-3H3. The molecule has 0 amide bonds. The van der Waals surface area contributed by atoms with Gasteiger partial charge in [-0.25, -0.2) is 9.67 Å². The molecule has 0 saturated carbocycles. The molecule has 1 heterocycles. The number of rotatable bonds is 3. The zero-order valence-corrected chi connectivity index (χ0v) is 13.5. The van der Waals surface area contributed by atoms with Crippen molar-refractivity contribution in [2.45, 2.75) is 13.8 Å². The number of aryl methyl sites for hydroxylation is 2. The summed E-state index contributed by atoms with van der Waals surface area (Å²) < 4.78 is 7.08. The molecule has 0 aliphatic rings. The Bertz CT molecular complexity index is 818. The van der Waals surface area contributed by atoms with Crippen molar-refractivity contribution in [2.24, 2.45) is 4.99 Å². The van der Waals surface area contributed by atoms with Crippen LogP contribution in [0.15, 0.2) is 65.7 Å². The second-order valence-electron chi connectivity index (χ2n) is 5.34. The van der Waals surface area contributed by atoms with E-state index >= 15 is 0 Å². The van der Waals surface area contributed by atoms with Crippen molar-refractivity contribution in [3.63, 3.8) is 0 Å². The summed E-state index contributed by atoms with van der Waals surface area (Å²) in [5.74, 6) is 1.62. The summed E-state index contributed by atoms with van der Waals surface area (Å²) >= 11 is 0. The van der Waals surface area contributed by atoms with Crippen LogP contribution < -0.4 is 4.74 Å². The highest BCUT2D eigenvalue weighted by atomic mass is 16.5. The summed E-state index contributed by atoms with van der Waals surface area (Å²) in [6.07, 6.45) is 0. The molecule has 0 spiro atoms. The van der Waals surface area contributed by atoms with Crippen molar-refractivity contribution >= 4 is 11.5 Å². The third-order valence-corrected chi connectivity index (χ3v) is 3.55. The number of hydrogen-bond donors (Lipinski definition) is 0. The Morgan fingerprint density at radius 3 is 2.26 bits per heavy atom. The van der Waals surface area contributed by atoms with Crippen molar-refractivity contribution in [3.05, 3.63) is 77.6 Å². The van der Waals surface area contributed by atoms with E-state index in [4.69, 9.17) is 9.73 Å². The van der Waals surface area contributed by atoms with E-state index in [1.54, 1.807) is 7.11 Å². The van der Waals surface area contributed by atoms with Crippen molar-refractivity contribution in [2.75, 3.05) is 7.11 Å². The number of aliphatic imine (C=N–C) groups is 1. The van der Waals surface area contributed by atoms with Gasteiger partial charge in [0.1, 0.15) is 5.75 Å². The molecule has 4 nitrogen and oxygen atoms in total. The van der Waals surface area contributed by atoms with Crippen molar-refractivity contribution < 1.29 is 4.74 Å². The monoisotopic (exact) mass is 305 g/mol. The second-order valence-corrected chi connectivity index (χ2v) is 5.34. The highest BCUT2D eigenvalue weighted by Gasteiger charge is 2.11. The first-order valence-corrected chi connectivity index (χ1v) is 7.49. The maximum Gasteiger partial charge on any atom is 0.161 e. The predicted molar refractivity (Wildman–Crippen MR) is 92.7 cm³/mol. The molecule has 0 aliphatic heterocycles. The van der Waals surface area contributed by atoms with Crippen LogP contribution in [0.25, 0.3) is 0 Å². The predicted octanol–water partition coefficient (Wildman–Crippen LogP) is 4.14. The van der Waals surface area contributed by atoms with Gasteiger partial charge in [-0.05, 0) is 44.2 Å². The molecule has 0 aliphatic carbocycles. The third kappa shape index (κ3) is 3.31. The number of benzene rings is 2. The first-order chi connectivity index (χ1) is 11.2. The Morgan fingerprint density at radius 1 is 1.00 bits per heavy atom. The smallest absolute Gasteiger partial charge is 0.161 e. The van der Waals surface area contributed by atoms with E-state index in [0.29, 0.717) is 0 Å². The lowest BCUT2D eigenvalue weighted by Gasteiger charge is -2.09. The maximum atomic E-state index is 5.20. The Balaban J connectivity index is 2.11. The minimum atomic E-state index is 0.807. The quantitative estimate of drug-likeness (QED) is 0.539. The van der Waals surface area contributed by atoms with E-state index in [9.17, 15) is 0 Å². The SMILES string of the molecule is COc1ccc(N=C(c2ccccc2)n2nc(C)cc2C)cc1. The lowest BCUT2D eigenvalue weighted by atomic mass is 10.2. The van der Waals surface area contributed by atoms with Gasteiger partial charge in [0.15, 0.2) is 5.84 Å². The van der Waals surface area contributed by atoms with Crippen LogP contribution in [-0.2, 0) is 0 Å². The molecule has 0 bridgehead atoms. The topological polar surface area (TPSA) is 39.4 Å². The van der Waals surface area contributed by atoms with Crippen LogP contribution >= 0.6 is 0 Å². The highest BCUT2D eigenvalue weighted by molar-refractivity contribution is 6.01. The lowest BCUT2D eigenvalue weighted by Crippen LogP contribution is -2.16. The number of methoxy groups -OCH3 is 1. The molecular weight excluding hydrogens is 286 g/mol. The van der Waals surface area contributed by atoms with E-state index in [-0.39, 0.29) is 0 Å². The van der Waals surface area contributed by atoms with Gasteiger partial charge in [0.05, 0.1) is 18.5 Å². The highest BCUT2D eigenvalue weighted by Crippen LogP contribution is 2.20. The molecule has 1 aromatic heterocycles. The van der Waals surface area contributed by atoms with Crippen LogP contribution in [0.2, 0.25) is 0 Å². The summed E-state index contributed by atoms with van der Waals surface area (Å²) in [6, 6.07) is 19.8. The molecule has 0 fully saturated rings. The van der Waals surface area contributed by atoms with Crippen molar-refractivity contribution in [1.29, 1.82) is 0 Å². The fourth-order valence-electron chi connectivity index (χ4n) is 2.44. The van der Waals surface area contributed by atoms with E-state index in [1.807, 2.05) is 79.2 Å². The van der Waals surface area contributed by atoms with E-state index in [1.165, 1.54) is 0 Å². The lowest BCUT2D eigenvalue weighted by molar-refractivity contribution is 0.415. The van der Waals surface area contributed by atoms with Crippen LogP contribution in [-0.4, -0.2) is 22.7 Å². The van der Waals surface area contributed by atoms with Crippen molar-refractivity contribution in [1.82, 2.24) is 9.78 Å². The van der Waals surface area contributed by atoms with E-state index in [2.05, 4.69) is 5.10 Å². The first-order valence-electron chi connectivity index (χ1n) is 7.49. The summed E-state index contributed by atoms with van der Waals surface area (Å²) in [4.78, 5) is 4.81. The molecule has 2 aromatic carbocycles. The van der Waals surface area contributed by atoms with Gasteiger partial charge in [-0.1, -0.05) is 30.3 Å². The minimum Gasteiger partial charge on any atom is -0.497 e. The Morgan fingerprint density at radius 2 is 1.70 bits per heavy atom. The van der Waals surface area contributed by atoms with Gasteiger partial charge in [0.2, 0.25) is 0 Å². The van der Waals surface area contributed by atoms with E-state index < -0.39 is 0 Å². The molecule has 0 N–H and O–H groups in total. The Hall–Kier alpha value is -2.88. The number of ether oxygens (including phenoxy) is 1. The van der Waals surface area contributed by atoms with Crippen LogP contribution in [0.1, 0.15) is 17.0 Å². The number of aromatic nitrogens is 2. The summed E-state index contributed by atoms with van der Waals surface area (Å²) in [7, 11) is 1.66. The summed E-state index contributed by atoms with van der Waals surface area (Å²) in [5, 5.41) is 4.58. The van der Waals surface area contributed by atoms with Gasteiger partial charge >= 0.3 is 0 Å². The molecule has 0 saturated heterocycles. The molecule has 0 atom stereocenters. The molecule has 23 heavy (non-hydrogen) atoms. The molecule has 3 rings (SSSR count). The molecule has 4 heteroatoms. The summed E-state index contributed by atoms with van der Waals surface area (Å²) in [5.41, 5.74) is 3.91. The van der Waals surface area contributed by atoms with Crippen LogP contribution in [0.4, 0.5) is 5.69 Å². The normalized spacial score (nSPS) is 11.5. The zero-order valence-electron chi connectivity index (χ0n) is 13.5. The molecule has 116 valence electrons. The van der Waals surface area contributed by atoms with Gasteiger partial charge < -0.3 is 4.74 Å². The van der Waals surface area contributed by atoms with Gasteiger partial charge in [-0.3, -0.25) is 0 Å². The third-order valence-electron chi connectivity index (χ3n) is 3.55. The average Bonchev–Trinajstić information content (AvgIpc) is 2.92. The zero-order chi connectivity index (χ0) is 16.2. The maximum absolute atomic E-state index is 5.20. The molecule has 3 aromatic rings. The molecular formula is C19H19N3O. The van der Waals surface area contributed by atoms with Crippen LogP contribution in [0.3, 0.4) is 0 Å². The van der Waals surface area contributed by atoms with Crippen LogP contribution in [0.5, 0.6) is 5.75 Å². The minimum absolute atomic E-state index is 0.807. The van der Waals surface area contributed by atoms with E-state index in [0.717, 1.165) is 34.2 Å². The fraction of sp³-hybridized carbons (Fsp3) is 0.158. The fourth-order valence-corrected chi connectivity index (χ4v) is 2.44. The number of nitrogens with zero attached hydrogens (tertiary/aromatic N) is 3. The Kier molecular flexibility index (Phi) is 4.24. The number of hydrogen-bond acceptors (Lipinski definition) is 3. The van der Waals surface area contributed by atoms with Gasteiger partial charge in [-0.15, -0.1) is 0 Å².